The van der Waals surface area contributed by atoms with Crippen LogP contribution in [0.25, 0.3) is 10.2 Å². The average molecular weight is 234 g/mol. The summed E-state index contributed by atoms with van der Waals surface area (Å²) >= 11 is 1.64. The van der Waals surface area contributed by atoms with Gasteiger partial charge in [-0.25, -0.2) is 4.98 Å². The van der Waals surface area contributed by atoms with Gasteiger partial charge in [-0.3, -0.25) is 0 Å². The Morgan fingerprint density at radius 1 is 1.44 bits per heavy atom. The standard InChI is InChI=1S/C12H14N2OS/c15-10(8-5-6-8)7-13-12-14-9-3-1-2-4-11(9)16-12/h1-4,8,10,15H,5-7H2,(H,13,14). The predicted molar refractivity (Wildman–Crippen MR) is 66.8 cm³/mol. The summed E-state index contributed by atoms with van der Waals surface area (Å²) < 4.78 is 1.19. The van der Waals surface area contributed by atoms with Crippen molar-refractivity contribution >= 4 is 26.7 Å². The maximum atomic E-state index is 9.74. The van der Waals surface area contributed by atoms with Gasteiger partial charge in [0.1, 0.15) is 0 Å². The summed E-state index contributed by atoms with van der Waals surface area (Å²) in [5, 5.41) is 13.9. The molecule has 0 saturated heterocycles. The molecule has 1 atom stereocenters. The van der Waals surface area contributed by atoms with Gasteiger partial charge in [0.2, 0.25) is 0 Å². The van der Waals surface area contributed by atoms with Gasteiger partial charge in [0.15, 0.2) is 5.13 Å². The molecular formula is C12H14N2OS. The molecule has 2 N–H and O–H groups in total. The molecule has 1 aromatic heterocycles. The SMILES string of the molecule is OC(CNc1nc2ccccc2s1)C1CC1. The highest BCUT2D eigenvalue weighted by Crippen LogP contribution is 2.33. The number of para-hydroxylation sites is 1. The van der Waals surface area contributed by atoms with E-state index in [9.17, 15) is 5.11 Å². The zero-order valence-electron chi connectivity index (χ0n) is 8.89. The number of aliphatic hydroxyl groups is 1. The molecule has 84 valence electrons. The predicted octanol–water partition coefficient (Wildman–Crippen LogP) is 2.48. The smallest absolute Gasteiger partial charge is 0.183 e. The van der Waals surface area contributed by atoms with E-state index in [-0.39, 0.29) is 6.10 Å². The van der Waals surface area contributed by atoms with Crippen molar-refractivity contribution in [2.24, 2.45) is 5.92 Å². The minimum absolute atomic E-state index is 0.216. The third kappa shape index (κ3) is 2.03. The lowest BCUT2D eigenvalue weighted by atomic mass is 10.2. The molecule has 1 aliphatic rings. The van der Waals surface area contributed by atoms with E-state index in [0.29, 0.717) is 12.5 Å². The number of aromatic nitrogens is 1. The highest BCUT2D eigenvalue weighted by Gasteiger charge is 2.29. The van der Waals surface area contributed by atoms with Crippen LogP contribution in [0.5, 0.6) is 0 Å². The zero-order valence-corrected chi connectivity index (χ0v) is 9.70. The molecule has 0 amide bonds. The van der Waals surface area contributed by atoms with Crippen LogP contribution in [0.2, 0.25) is 0 Å². The summed E-state index contributed by atoms with van der Waals surface area (Å²) in [7, 11) is 0. The van der Waals surface area contributed by atoms with Crippen LogP contribution in [0.3, 0.4) is 0 Å². The van der Waals surface area contributed by atoms with Crippen LogP contribution in [-0.4, -0.2) is 22.7 Å². The monoisotopic (exact) mass is 234 g/mol. The number of nitrogens with one attached hydrogen (secondary N) is 1. The second kappa shape index (κ2) is 4.03. The van der Waals surface area contributed by atoms with Crippen LogP contribution < -0.4 is 5.32 Å². The summed E-state index contributed by atoms with van der Waals surface area (Å²) in [6, 6.07) is 8.08. The average Bonchev–Trinajstić information content (AvgIpc) is 3.06. The molecule has 0 bridgehead atoms. The van der Waals surface area contributed by atoms with Crippen molar-refractivity contribution in [1.29, 1.82) is 0 Å². The van der Waals surface area contributed by atoms with E-state index in [2.05, 4.69) is 16.4 Å². The van der Waals surface area contributed by atoms with Crippen molar-refractivity contribution < 1.29 is 5.11 Å². The van der Waals surface area contributed by atoms with Crippen molar-refractivity contribution in [3.8, 4) is 0 Å². The van der Waals surface area contributed by atoms with Crippen LogP contribution in [0.1, 0.15) is 12.8 Å². The number of fused-ring (bicyclic) bond motifs is 1. The summed E-state index contributed by atoms with van der Waals surface area (Å²) in [5.74, 6) is 0.516. The third-order valence-corrected chi connectivity index (χ3v) is 3.92. The van der Waals surface area contributed by atoms with Crippen molar-refractivity contribution in [2.75, 3.05) is 11.9 Å². The maximum absolute atomic E-state index is 9.74. The van der Waals surface area contributed by atoms with E-state index in [1.807, 2.05) is 18.2 Å². The number of anilines is 1. The van der Waals surface area contributed by atoms with Gasteiger partial charge in [0, 0.05) is 6.54 Å². The second-order valence-corrected chi connectivity index (χ2v) is 5.30. The molecule has 0 radical (unpaired) electrons. The highest BCUT2D eigenvalue weighted by atomic mass is 32.1. The van der Waals surface area contributed by atoms with Gasteiger partial charge in [0.25, 0.3) is 0 Å². The lowest BCUT2D eigenvalue weighted by Gasteiger charge is -2.08. The summed E-state index contributed by atoms with van der Waals surface area (Å²) in [5.41, 5.74) is 1.02. The maximum Gasteiger partial charge on any atom is 0.183 e. The first-order valence-corrected chi connectivity index (χ1v) is 6.42. The van der Waals surface area contributed by atoms with Gasteiger partial charge in [-0.2, -0.15) is 0 Å². The number of aliphatic hydroxyl groups excluding tert-OH is 1. The number of thiazole rings is 1. The Morgan fingerprint density at radius 3 is 3.00 bits per heavy atom. The van der Waals surface area contributed by atoms with Crippen LogP contribution >= 0.6 is 11.3 Å². The number of rotatable bonds is 4. The molecule has 1 saturated carbocycles. The third-order valence-electron chi connectivity index (χ3n) is 2.92. The van der Waals surface area contributed by atoms with Gasteiger partial charge in [-0.1, -0.05) is 23.5 Å². The molecule has 4 heteroatoms. The van der Waals surface area contributed by atoms with Gasteiger partial charge < -0.3 is 10.4 Å². The lowest BCUT2D eigenvalue weighted by molar-refractivity contribution is 0.164. The Bertz CT molecular complexity index is 459. The van der Waals surface area contributed by atoms with Gasteiger partial charge in [-0.05, 0) is 30.9 Å². The van der Waals surface area contributed by atoms with Crippen molar-refractivity contribution in [2.45, 2.75) is 18.9 Å². The molecule has 3 rings (SSSR count). The molecule has 1 fully saturated rings. The van der Waals surface area contributed by atoms with E-state index in [1.54, 1.807) is 11.3 Å². The molecule has 1 heterocycles. The number of hydrogen-bond donors (Lipinski definition) is 2. The Kier molecular flexibility index (Phi) is 2.53. The fourth-order valence-corrected chi connectivity index (χ4v) is 2.66. The Hall–Kier alpha value is -1.13. The topological polar surface area (TPSA) is 45.1 Å². The molecule has 1 aliphatic carbocycles. The first-order valence-electron chi connectivity index (χ1n) is 5.60. The first kappa shape index (κ1) is 10.1. The minimum atomic E-state index is -0.216. The molecule has 3 nitrogen and oxygen atoms in total. The minimum Gasteiger partial charge on any atom is -0.391 e. The fraction of sp³-hybridized carbons (Fsp3) is 0.417. The molecule has 16 heavy (non-hydrogen) atoms. The number of benzene rings is 1. The number of nitrogens with zero attached hydrogens (tertiary/aromatic N) is 1. The van der Waals surface area contributed by atoms with Crippen LogP contribution in [0.15, 0.2) is 24.3 Å². The van der Waals surface area contributed by atoms with Crippen molar-refractivity contribution in [1.82, 2.24) is 4.98 Å². The summed E-state index contributed by atoms with van der Waals surface area (Å²) in [6.07, 6.45) is 2.12. The van der Waals surface area contributed by atoms with E-state index in [0.717, 1.165) is 10.6 Å². The molecular weight excluding hydrogens is 220 g/mol. The largest absolute Gasteiger partial charge is 0.391 e. The highest BCUT2D eigenvalue weighted by molar-refractivity contribution is 7.22. The zero-order chi connectivity index (χ0) is 11.0. The van der Waals surface area contributed by atoms with E-state index < -0.39 is 0 Å². The second-order valence-electron chi connectivity index (χ2n) is 4.27. The lowest BCUT2D eigenvalue weighted by Crippen LogP contribution is -2.21. The van der Waals surface area contributed by atoms with E-state index >= 15 is 0 Å². The fourth-order valence-electron chi connectivity index (χ4n) is 1.79. The van der Waals surface area contributed by atoms with Crippen LogP contribution in [0, 0.1) is 5.92 Å². The van der Waals surface area contributed by atoms with E-state index in [1.165, 1.54) is 17.5 Å². The summed E-state index contributed by atoms with van der Waals surface area (Å²) in [6.45, 7) is 0.616. The van der Waals surface area contributed by atoms with Gasteiger partial charge >= 0.3 is 0 Å². The van der Waals surface area contributed by atoms with Crippen LogP contribution in [0.4, 0.5) is 5.13 Å². The van der Waals surface area contributed by atoms with E-state index in [4.69, 9.17) is 0 Å². The number of hydrogen-bond acceptors (Lipinski definition) is 4. The molecule has 1 unspecified atom stereocenters. The van der Waals surface area contributed by atoms with Gasteiger partial charge in [0.05, 0.1) is 16.3 Å². The Morgan fingerprint density at radius 2 is 2.25 bits per heavy atom. The van der Waals surface area contributed by atoms with Crippen LogP contribution in [-0.2, 0) is 0 Å². The van der Waals surface area contributed by atoms with Crippen molar-refractivity contribution in [3.63, 3.8) is 0 Å². The normalized spacial score (nSPS) is 17.6. The summed E-state index contributed by atoms with van der Waals surface area (Å²) in [4.78, 5) is 4.46. The van der Waals surface area contributed by atoms with Gasteiger partial charge in [-0.15, -0.1) is 0 Å². The van der Waals surface area contributed by atoms with Crippen molar-refractivity contribution in [3.05, 3.63) is 24.3 Å². The quantitative estimate of drug-likeness (QED) is 0.854. The molecule has 0 spiro atoms. The Balaban J connectivity index is 1.69. The molecule has 1 aromatic carbocycles. The molecule has 0 aliphatic heterocycles. The Labute approximate surface area is 98.1 Å². The first-order chi connectivity index (χ1) is 7.83. The molecule has 2 aromatic rings.